The smallest absolute Gasteiger partial charge is 0.125 e. The Labute approximate surface area is 94.6 Å². The molecule has 0 saturated carbocycles. The lowest BCUT2D eigenvalue weighted by Crippen LogP contribution is -2.31. The minimum Gasteiger partial charge on any atom is -0.384 e. The molecular weight excluding hydrogens is 205 g/mol. The second-order valence-corrected chi connectivity index (χ2v) is 4.12. The first-order chi connectivity index (χ1) is 7.68. The van der Waals surface area contributed by atoms with E-state index >= 15 is 0 Å². The van der Waals surface area contributed by atoms with Crippen molar-refractivity contribution in [1.29, 1.82) is 5.41 Å². The van der Waals surface area contributed by atoms with Gasteiger partial charge in [-0.1, -0.05) is 0 Å². The van der Waals surface area contributed by atoms with E-state index in [0.29, 0.717) is 5.56 Å². The molecule has 0 amide bonds. The summed E-state index contributed by atoms with van der Waals surface area (Å²) in [5.74, 6) is -0.411. The molecule has 1 saturated heterocycles. The van der Waals surface area contributed by atoms with Gasteiger partial charge in [-0.15, -0.1) is 0 Å². The molecule has 86 valence electrons. The zero-order valence-corrected chi connectivity index (χ0v) is 9.17. The molecule has 4 heteroatoms. The molecule has 0 spiro atoms. The van der Waals surface area contributed by atoms with E-state index in [0.717, 1.165) is 31.6 Å². The third-order valence-corrected chi connectivity index (χ3v) is 2.95. The average Bonchev–Trinajstić information content (AvgIpc) is 2.30. The maximum Gasteiger partial charge on any atom is 0.125 e. The maximum atomic E-state index is 13.1. The Hall–Kier alpha value is -1.58. The van der Waals surface area contributed by atoms with Crippen LogP contribution in [0.1, 0.15) is 24.8 Å². The predicted molar refractivity (Wildman–Crippen MR) is 63.5 cm³/mol. The number of nitrogen functional groups attached to an aromatic ring is 1. The molecule has 1 aromatic carbocycles. The van der Waals surface area contributed by atoms with Crippen molar-refractivity contribution < 1.29 is 4.39 Å². The zero-order chi connectivity index (χ0) is 11.5. The van der Waals surface area contributed by atoms with Gasteiger partial charge in [-0.25, -0.2) is 4.39 Å². The number of hydrogen-bond acceptors (Lipinski definition) is 2. The molecule has 0 aromatic heterocycles. The first-order valence-corrected chi connectivity index (χ1v) is 5.57. The molecule has 3 nitrogen and oxygen atoms in total. The maximum absolute atomic E-state index is 13.1. The number of benzene rings is 1. The van der Waals surface area contributed by atoms with E-state index in [2.05, 4.69) is 4.90 Å². The first-order valence-electron chi connectivity index (χ1n) is 5.57. The van der Waals surface area contributed by atoms with E-state index < -0.39 is 0 Å². The van der Waals surface area contributed by atoms with Crippen molar-refractivity contribution in [1.82, 2.24) is 0 Å². The number of amidine groups is 1. The van der Waals surface area contributed by atoms with Crippen LogP contribution in [0, 0.1) is 11.2 Å². The summed E-state index contributed by atoms with van der Waals surface area (Å²) in [7, 11) is 0. The fourth-order valence-corrected chi connectivity index (χ4v) is 2.13. The molecule has 2 rings (SSSR count). The summed E-state index contributed by atoms with van der Waals surface area (Å²) < 4.78 is 13.1. The predicted octanol–water partition coefficient (Wildman–Crippen LogP) is 2.10. The van der Waals surface area contributed by atoms with Crippen LogP contribution in [-0.2, 0) is 0 Å². The Morgan fingerprint density at radius 1 is 1.25 bits per heavy atom. The van der Waals surface area contributed by atoms with E-state index in [9.17, 15) is 4.39 Å². The van der Waals surface area contributed by atoms with Crippen molar-refractivity contribution >= 4 is 11.5 Å². The third kappa shape index (κ3) is 2.15. The minimum atomic E-state index is -0.342. The van der Waals surface area contributed by atoms with Crippen molar-refractivity contribution in [3.8, 4) is 0 Å². The summed E-state index contributed by atoms with van der Waals surface area (Å²) >= 11 is 0. The molecule has 1 aliphatic rings. The summed E-state index contributed by atoms with van der Waals surface area (Å²) in [5, 5.41) is 7.48. The van der Waals surface area contributed by atoms with Crippen molar-refractivity contribution in [3.63, 3.8) is 0 Å². The summed E-state index contributed by atoms with van der Waals surface area (Å²) in [6.45, 7) is 1.93. The molecule has 0 unspecified atom stereocenters. The van der Waals surface area contributed by atoms with Gasteiger partial charge < -0.3 is 10.6 Å². The van der Waals surface area contributed by atoms with Crippen LogP contribution in [0.2, 0.25) is 0 Å². The highest BCUT2D eigenvalue weighted by Gasteiger charge is 2.16. The van der Waals surface area contributed by atoms with Gasteiger partial charge in [-0.2, -0.15) is 0 Å². The molecule has 0 aliphatic carbocycles. The van der Waals surface area contributed by atoms with Crippen molar-refractivity contribution in [3.05, 3.63) is 29.6 Å². The molecule has 0 bridgehead atoms. The molecule has 0 atom stereocenters. The zero-order valence-electron chi connectivity index (χ0n) is 9.17. The van der Waals surface area contributed by atoms with Gasteiger partial charge in [0, 0.05) is 24.3 Å². The molecule has 0 radical (unpaired) electrons. The largest absolute Gasteiger partial charge is 0.384 e. The highest BCUT2D eigenvalue weighted by Crippen LogP contribution is 2.24. The van der Waals surface area contributed by atoms with Crippen LogP contribution >= 0.6 is 0 Å². The Morgan fingerprint density at radius 3 is 2.56 bits per heavy atom. The lowest BCUT2D eigenvalue weighted by molar-refractivity contribution is 0.576. The molecule has 16 heavy (non-hydrogen) atoms. The Bertz CT molecular complexity index is 397. The van der Waals surface area contributed by atoms with E-state index in [4.69, 9.17) is 11.1 Å². The Kier molecular flexibility index (Phi) is 3.08. The van der Waals surface area contributed by atoms with Crippen molar-refractivity contribution in [2.24, 2.45) is 5.73 Å². The quantitative estimate of drug-likeness (QED) is 0.593. The molecule has 1 aliphatic heterocycles. The van der Waals surface area contributed by atoms with Crippen LogP contribution in [0.4, 0.5) is 10.1 Å². The van der Waals surface area contributed by atoms with Gasteiger partial charge >= 0.3 is 0 Å². The van der Waals surface area contributed by atoms with Gasteiger partial charge in [0.05, 0.1) is 0 Å². The minimum absolute atomic E-state index is 0.0694. The number of nitrogens with two attached hydrogens (primary N) is 1. The fraction of sp³-hybridized carbons (Fsp3) is 0.417. The number of halogens is 1. The number of anilines is 1. The summed E-state index contributed by atoms with van der Waals surface area (Å²) in [5.41, 5.74) is 6.86. The van der Waals surface area contributed by atoms with Crippen molar-refractivity contribution in [2.45, 2.75) is 19.3 Å². The van der Waals surface area contributed by atoms with Crippen LogP contribution in [0.5, 0.6) is 0 Å². The number of nitrogens with one attached hydrogen (secondary N) is 1. The number of piperidine rings is 1. The highest BCUT2D eigenvalue weighted by atomic mass is 19.1. The van der Waals surface area contributed by atoms with E-state index in [1.807, 2.05) is 0 Å². The number of nitrogens with zero attached hydrogens (tertiary/aromatic N) is 1. The summed E-state index contributed by atoms with van der Waals surface area (Å²) in [6.07, 6.45) is 3.54. The van der Waals surface area contributed by atoms with Gasteiger partial charge in [0.2, 0.25) is 0 Å². The van der Waals surface area contributed by atoms with E-state index in [1.54, 1.807) is 6.07 Å². The van der Waals surface area contributed by atoms with Crippen LogP contribution in [0.15, 0.2) is 18.2 Å². The molecular formula is C12H16FN3. The summed E-state index contributed by atoms with van der Waals surface area (Å²) in [6, 6.07) is 4.49. The number of hydrogen-bond donors (Lipinski definition) is 2. The third-order valence-electron chi connectivity index (χ3n) is 2.95. The van der Waals surface area contributed by atoms with Gasteiger partial charge in [-0.05, 0) is 37.5 Å². The average molecular weight is 221 g/mol. The Balaban J connectivity index is 2.34. The Morgan fingerprint density at radius 2 is 1.94 bits per heavy atom. The van der Waals surface area contributed by atoms with Crippen LogP contribution in [-0.4, -0.2) is 18.9 Å². The highest BCUT2D eigenvalue weighted by molar-refractivity contribution is 6.00. The SMILES string of the molecule is N=C(N)c1cc(F)ccc1N1CCCCC1. The van der Waals surface area contributed by atoms with E-state index in [1.165, 1.54) is 18.6 Å². The normalized spacial score (nSPS) is 16.2. The standard InChI is InChI=1S/C12H16FN3/c13-9-4-5-11(10(8-9)12(14)15)16-6-2-1-3-7-16/h4-5,8H,1-3,6-7H2,(H3,14,15). The van der Waals surface area contributed by atoms with Crippen molar-refractivity contribution in [2.75, 3.05) is 18.0 Å². The number of rotatable bonds is 2. The lowest BCUT2D eigenvalue weighted by Gasteiger charge is -2.30. The van der Waals surface area contributed by atoms with Gasteiger partial charge in [-0.3, -0.25) is 5.41 Å². The molecule has 1 aromatic rings. The van der Waals surface area contributed by atoms with E-state index in [-0.39, 0.29) is 11.7 Å². The van der Waals surface area contributed by atoms with Gasteiger partial charge in [0.15, 0.2) is 0 Å². The summed E-state index contributed by atoms with van der Waals surface area (Å²) in [4.78, 5) is 2.18. The van der Waals surface area contributed by atoms with Gasteiger partial charge in [0.1, 0.15) is 11.7 Å². The first kappa shape index (κ1) is 10.9. The monoisotopic (exact) mass is 221 g/mol. The van der Waals surface area contributed by atoms with Crippen LogP contribution in [0.3, 0.4) is 0 Å². The topological polar surface area (TPSA) is 53.1 Å². The fourth-order valence-electron chi connectivity index (χ4n) is 2.13. The second-order valence-electron chi connectivity index (χ2n) is 4.12. The molecule has 3 N–H and O–H groups in total. The lowest BCUT2D eigenvalue weighted by atomic mass is 10.1. The second kappa shape index (κ2) is 4.51. The van der Waals surface area contributed by atoms with Gasteiger partial charge in [0.25, 0.3) is 0 Å². The molecule has 1 heterocycles. The van der Waals surface area contributed by atoms with Crippen LogP contribution < -0.4 is 10.6 Å². The van der Waals surface area contributed by atoms with Crippen LogP contribution in [0.25, 0.3) is 0 Å². The molecule has 1 fully saturated rings.